The lowest BCUT2D eigenvalue weighted by Gasteiger charge is -2.14. The van der Waals surface area contributed by atoms with Gasteiger partial charge >= 0.3 is 5.69 Å². The van der Waals surface area contributed by atoms with Crippen molar-refractivity contribution < 1.29 is 0 Å². The van der Waals surface area contributed by atoms with E-state index in [0.29, 0.717) is 12.1 Å². The summed E-state index contributed by atoms with van der Waals surface area (Å²) in [6.07, 6.45) is 3.31. The average molecular weight is 256 g/mol. The number of aromatic nitrogens is 3. The van der Waals surface area contributed by atoms with Crippen molar-refractivity contribution >= 4 is 11.8 Å². The summed E-state index contributed by atoms with van der Waals surface area (Å²) in [5, 5.41) is 10.9. The third-order valence-electron chi connectivity index (χ3n) is 2.98. The molecule has 6 heteroatoms. The van der Waals surface area contributed by atoms with Crippen LogP contribution in [-0.4, -0.2) is 33.1 Å². The van der Waals surface area contributed by atoms with Crippen LogP contribution in [0.1, 0.15) is 39.2 Å². The lowest BCUT2D eigenvalue weighted by Crippen LogP contribution is -2.30. The highest BCUT2D eigenvalue weighted by atomic mass is 32.2. The largest absolute Gasteiger partial charge is 0.344 e. The minimum absolute atomic E-state index is 0.0634. The molecule has 1 fully saturated rings. The first-order valence-electron chi connectivity index (χ1n) is 6.29. The Balaban J connectivity index is 1.96. The molecule has 1 aromatic rings. The van der Waals surface area contributed by atoms with Crippen molar-refractivity contribution in [1.29, 1.82) is 0 Å². The van der Waals surface area contributed by atoms with Gasteiger partial charge in [-0.25, -0.2) is 9.89 Å². The zero-order valence-electron chi connectivity index (χ0n) is 10.4. The van der Waals surface area contributed by atoms with Gasteiger partial charge in [-0.05, 0) is 25.8 Å². The number of thioether (sulfide) groups is 1. The zero-order valence-corrected chi connectivity index (χ0v) is 11.2. The van der Waals surface area contributed by atoms with Gasteiger partial charge in [-0.15, -0.1) is 5.10 Å². The fourth-order valence-electron chi connectivity index (χ4n) is 1.83. The molecule has 1 atom stereocenters. The minimum Gasteiger partial charge on any atom is -0.313 e. The van der Waals surface area contributed by atoms with E-state index < -0.39 is 0 Å². The Morgan fingerprint density at radius 1 is 1.59 bits per heavy atom. The van der Waals surface area contributed by atoms with Gasteiger partial charge in [0.25, 0.3) is 0 Å². The van der Waals surface area contributed by atoms with E-state index in [-0.39, 0.29) is 5.69 Å². The van der Waals surface area contributed by atoms with E-state index in [1.165, 1.54) is 0 Å². The first-order valence-corrected chi connectivity index (χ1v) is 7.27. The van der Waals surface area contributed by atoms with Crippen molar-refractivity contribution in [2.45, 2.75) is 50.4 Å². The van der Waals surface area contributed by atoms with Gasteiger partial charge in [0, 0.05) is 17.8 Å². The van der Waals surface area contributed by atoms with Crippen LogP contribution in [0.3, 0.4) is 0 Å². The number of hydrogen-bond acceptors (Lipinski definition) is 4. The second-order valence-corrected chi connectivity index (χ2v) is 5.37. The number of aromatic amines is 1. The molecule has 0 spiro atoms. The highest BCUT2D eigenvalue weighted by Gasteiger charge is 2.28. The van der Waals surface area contributed by atoms with Gasteiger partial charge in [-0.2, -0.15) is 0 Å². The zero-order chi connectivity index (χ0) is 12.3. The number of nitrogens with zero attached hydrogens (tertiary/aromatic N) is 2. The molecule has 96 valence electrons. The van der Waals surface area contributed by atoms with Crippen LogP contribution >= 0.6 is 11.8 Å². The first-order chi connectivity index (χ1) is 8.26. The summed E-state index contributed by atoms with van der Waals surface area (Å²) in [6, 6.07) is 0.882. The standard InChI is InChI=1S/C11H20N4OS/c1-3-8(12-4-2)7-17-11-14-13-10(16)15(11)9-5-6-9/h8-9,12H,3-7H2,1-2H3,(H,13,16). The molecule has 1 saturated carbocycles. The van der Waals surface area contributed by atoms with E-state index in [1.807, 2.05) is 4.57 Å². The van der Waals surface area contributed by atoms with E-state index in [9.17, 15) is 4.79 Å². The Bertz CT molecular complexity index is 410. The molecule has 5 nitrogen and oxygen atoms in total. The topological polar surface area (TPSA) is 62.7 Å². The lowest BCUT2D eigenvalue weighted by atomic mass is 10.2. The van der Waals surface area contributed by atoms with Gasteiger partial charge in [0.15, 0.2) is 5.16 Å². The molecule has 1 unspecified atom stereocenters. The Kier molecular flexibility index (Phi) is 4.28. The number of hydrogen-bond donors (Lipinski definition) is 2. The van der Waals surface area contributed by atoms with Crippen LogP contribution in [-0.2, 0) is 0 Å². The molecule has 1 aliphatic rings. The van der Waals surface area contributed by atoms with Crippen LogP contribution < -0.4 is 11.0 Å². The molecular formula is C11H20N4OS. The summed E-state index contributed by atoms with van der Waals surface area (Å²) in [5.74, 6) is 0.960. The van der Waals surface area contributed by atoms with Crippen molar-refractivity contribution in [3.8, 4) is 0 Å². The van der Waals surface area contributed by atoms with Gasteiger partial charge in [-0.1, -0.05) is 25.6 Å². The highest BCUT2D eigenvalue weighted by Crippen LogP contribution is 2.36. The molecular weight excluding hydrogens is 236 g/mol. The highest BCUT2D eigenvalue weighted by molar-refractivity contribution is 7.99. The van der Waals surface area contributed by atoms with Crippen LogP contribution in [0, 0.1) is 0 Å². The molecule has 0 amide bonds. The smallest absolute Gasteiger partial charge is 0.313 e. The van der Waals surface area contributed by atoms with Gasteiger partial charge in [0.1, 0.15) is 0 Å². The molecule has 0 bridgehead atoms. The van der Waals surface area contributed by atoms with E-state index in [1.54, 1.807) is 11.8 Å². The van der Waals surface area contributed by atoms with E-state index in [4.69, 9.17) is 0 Å². The fraction of sp³-hybridized carbons (Fsp3) is 0.818. The summed E-state index contributed by atoms with van der Waals surface area (Å²) < 4.78 is 1.81. The molecule has 0 radical (unpaired) electrons. The van der Waals surface area contributed by atoms with Crippen LogP contribution in [0.4, 0.5) is 0 Å². The molecule has 1 aliphatic carbocycles. The van der Waals surface area contributed by atoms with Crippen LogP contribution in [0.2, 0.25) is 0 Å². The predicted octanol–water partition coefficient (Wildman–Crippen LogP) is 1.39. The molecule has 1 aromatic heterocycles. The lowest BCUT2D eigenvalue weighted by molar-refractivity contribution is 0.558. The third-order valence-corrected chi connectivity index (χ3v) is 4.10. The average Bonchev–Trinajstić information content (AvgIpc) is 3.09. The normalized spacial score (nSPS) is 17.3. The summed E-state index contributed by atoms with van der Waals surface area (Å²) in [6.45, 7) is 5.27. The molecule has 0 aliphatic heterocycles. The first kappa shape index (κ1) is 12.7. The van der Waals surface area contributed by atoms with E-state index in [2.05, 4.69) is 29.4 Å². The van der Waals surface area contributed by atoms with E-state index >= 15 is 0 Å². The second kappa shape index (κ2) is 5.73. The molecule has 17 heavy (non-hydrogen) atoms. The molecule has 2 N–H and O–H groups in total. The van der Waals surface area contributed by atoms with Gasteiger partial charge < -0.3 is 5.32 Å². The number of H-pyrrole nitrogens is 1. The summed E-state index contributed by atoms with van der Waals surface area (Å²) in [5.41, 5.74) is -0.0634. The van der Waals surface area contributed by atoms with Crippen LogP contribution in [0.15, 0.2) is 9.95 Å². The van der Waals surface area contributed by atoms with Crippen molar-refractivity contribution in [3.63, 3.8) is 0 Å². The maximum absolute atomic E-state index is 11.6. The summed E-state index contributed by atoms with van der Waals surface area (Å²) in [7, 11) is 0. The van der Waals surface area contributed by atoms with Crippen LogP contribution in [0.5, 0.6) is 0 Å². The predicted molar refractivity (Wildman–Crippen MR) is 69.6 cm³/mol. The molecule has 1 heterocycles. The maximum atomic E-state index is 11.6. The minimum atomic E-state index is -0.0634. The fourth-order valence-corrected chi connectivity index (χ4v) is 3.02. The maximum Gasteiger partial charge on any atom is 0.344 e. The Morgan fingerprint density at radius 2 is 2.35 bits per heavy atom. The van der Waals surface area contributed by atoms with Crippen molar-refractivity contribution in [2.75, 3.05) is 12.3 Å². The molecule has 0 saturated heterocycles. The second-order valence-electron chi connectivity index (χ2n) is 4.39. The van der Waals surface area contributed by atoms with Gasteiger partial charge in [-0.3, -0.25) is 4.57 Å². The summed E-state index contributed by atoms with van der Waals surface area (Å²) in [4.78, 5) is 11.6. The third kappa shape index (κ3) is 3.13. The van der Waals surface area contributed by atoms with Crippen LogP contribution in [0.25, 0.3) is 0 Å². The molecule has 0 aromatic carbocycles. The van der Waals surface area contributed by atoms with E-state index in [0.717, 1.165) is 36.7 Å². The van der Waals surface area contributed by atoms with Crippen molar-refractivity contribution in [3.05, 3.63) is 10.5 Å². The Hall–Kier alpha value is -0.750. The summed E-state index contributed by atoms with van der Waals surface area (Å²) >= 11 is 1.67. The monoisotopic (exact) mass is 256 g/mol. The number of rotatable bonds is 7. The quantitative estimate of drug-likeness (QED) is 0.724. The Labute approximate surface area is 105 Å². The Morgan fingerprint density at radius 3 is 2.94 bits per heavy atom. The molecule has 2 rings (SSSR count). The van der Waals surface area contributed by atoms with Gasteiger partial charge in [0.05, 0.1) is 0 Å². The van der Waals surface area contributed by atoms with Crippen molar-refractivity contribution in [1.82, 2.24) is 20.1 Å². The van der Waals surface area contributed by atoms with Crippen molar-refractivity contribution in [2.24, 2.45) is 0 Å². The SMILES string of the molecule is CCNC(CC)CSc1n[nH]c(=O)n1C1CC1. The van der Waals surface area contributed by atoms with Gasteiger partial charge in [0.2, 0.25) is 0 Å². The number of nitrogens with one attached hydrogen (secondary N) is 2.